The molecule has 104 valence electrons. The molecule has 0 heterocycles. The van der Waals surface area contributed by atoms with Crippen LogP contribution in [0.25, 0.3) is 0 Å². The highest BCUT2D eigenvalue weighted by molar-refractivity contribution is 4.74. The zero-order chi connectivity index (χ0) is 13.3. The van der Waals surface area contributed by atoms with Gasteiger partial charge in [-0.1, -0.05) is 0 Å². The molecular formula is C12H26F2N2O. The van der Waals surface area contributed by atoms with Crippen molar-refractivity contribution < 1.29 is 13.5 Å². The Labute approximate surface area is 103 Å². The molecule has 0 amide bonds. The predicted octanol–water partition coefficient (Wildman–Crippen LogP) is 2.02. The Kier molecular flexibility index (Phi) is 8.64. The summed E-state index contributed by atoms with van der Waals surface area (Å²) in [5.74, 6) is 0. The Morgan fingerprint density at radius 3 is 2.41 bits per heavy atom. The third kappa shape index (κ3) is 13.7. The van der Waals surface area contributed by atoms with E-state index < -0.39 is 13.0 Å². The summed E-state index contributed by atoms with van der Waals surface area (Å²) in [5.41, 5.74) is 0.121. The van der Waals surface area contributed by atoms with Gasteiger partial charge in [0.25, 0.3) is 6.43 Å². The van der Waals surface area contributed by atoms with Crippen molar-refractivity contribution in [3.05, 3.63) is 0 Å². The first-order chi connectivity index (χ1) is 7.81. The molecule has 2 N–H and O–H groups in total. The lowest BCUT2D eigenvalue weighted by atomic mass is 10.1. The van der Waals surface area contributed by atoms with Gasteiger partial charge in [0, 0.05) is 24.7 Å². The lowest BCUT2D eigenvalue weighted by Crippen LogP contribution is -2.44. The van der Waals surface area contributed by atoms with Gasteiger partial charge in [-0.3, -0.25) is 0 Å². The minimum Gasteiger partial charge on any atom is -0.375 e. The topological polar surface area (TPSA) is 33.3 Å². The van der Waals surface area contributed by atoms with Crippen LogP contribution in [0.3, 0.4) is 0 Å². The van der Waals surface area contributed by atoms with Gasteiger partial charge < -0.3 is 15.4 Å². The smallest absolute Gasteiger partial charge is 0.261 e. The van der Waals surface area contributed by atoms with Crippen LogP contribution in [0.4, 0.5) is 8.78 Å². The Bertz CT molecular complexity index is 184. The molecule has 0 saturated carbocycles. The third-order valence-electron chi connectivity index (χ3n) is 2.14. The highest BCUT2D eigenvalue weighted by atomic mass is 19.3. The fourth-order valence-electron chi connectivity index (χ4n) is 1.23. The maximum absolute atomic E-state index is 11.7. The van der Waals surface area contributed by atoms with Gasteiger partial charge in [-0.2, -0.15) is 0 Å². The predicted molar refractivity (Wildman–Crippen MR) is 66.7 cm³/mol. The van der Waals surface area contributed by atoms with Gasteiger partial charge in [-0.25, -0.2) is 8.78 Å². The molecule has 0 aromatic carbocycles. The van der Waals surface area contributed by atoms with E-state index in [0.717, 1.165) is 19.5 Å². The fourth-order valence-corrected chi connectivity index (χ4v) is 1.23. The Balaban J connectivity index is 3.31. The molecule has 0 aliphatic heterocycles. The number of nitrogens with one attached hydrogen (secondary N) is 2. The summed E-state index contributed by atoms with van der Waals surface area (Å²) >= 11 is 0. The second-order valence-corrected chi connectivity index (χ2v) is 5.31. The number of ether oxygens (including phenoxy) is 1. The molecule has 0 bridgehead atoms. The van der Waals surface area contributed by atoms with E-state index in [1.165, 1.54) is 0 Å². The summed E-state index contributed by atoms with van der Waals surface area (Å²) in [4.78, 5) is 0. The Morgan fingerprint density at radius 2 is 1.88 bits per heavy atom. The first-order valence-corrected chi connectivity index (χ1v) is 6.15. The van der Waals surface area contributed by atoms with Gasteiger partial charge in [-0.05, 0) is 40.7 Å². The van der Waals surface area contributed by atoms with Crippen LogP contribution in [0.2, 0.25) is 0 Å². The van der Waals surface area contributed by atoms with E-state index in [1.807, 2.05) is 0 Å². The zero-order valence-corrected chi connectivity index (χ0v) is 11.4. The summed E-state index contributed by atoms with van der Waals surface area (Å²) in [6, 6.07) is 0.365. The molecule has 1 unspecified atom stereocenters. The normalized spacial score (nSPS) is 14.3. The van der Waals surface area contributed by atoms with Crippen LogP contribution in [0.15, 0.2) is 0 Å². The Morgan fingerprint density at radius 1 is 1.24 bits per heavy atom. The van der Waals surface area contributed by atoms with E-state index >= 15 is 0 Å². The molecule has 3 nitrogen and oxygen atoms in total. The van der Waals surface area contributed by atoms with Crippen molar-refractivity contribution in [3.63, 3.8) is 0 Å². The number of hydrogen-bond acceptors (Lipinski definition) is 3. The molecule has 17 heavy (non-hydrogen) atoms. The van der Waals surface area contributed by atoms with Crippen LogP contribution in [-0.4, -0.2) is 44.3 Å². The van der Waals surface area contributed by atoms with Crippen LogP contribution in [0.5, 0.6) is 0 Å². The zero-order valence-electron chi connectivity index (χ0n) is 11.4. The largest absolute Gasteiger partial charge is 0.375 e. The van der Waals surface area contributed by atoms with E-state index in [1.54, 1.807) is 0 Å². The number of halogens is 2. The van der Waals surface area contributed by atoms with Crippen molar-refractivity contribution in [2.24, 2.45) is 0 Å². The lowest BCUT2D eigenvalue weighted by Gasteiger charge is -2.24. The molecular weight excluding hydrogens is 226 g/mol. The van der Waals surface area contributed by atoms with E-state index in [2.05, 4.69) is 38.3 Å². The fraction of sp³-hybridized carbons (Fsp3) is 1.00. The summed E-state index contributed by atoms with van der Waals surface area (Å²) < 4.78 is 28.3. The van der Waals surface area contributed by atoms with E-state index in [9.17, 15) is 8.78 Å². The van der Waals surface area contributed by atoms with Crippen LogP contribution in [0, 0.1) is 0 Å². The standard InChI is InChI=1S/C12H26F2N2O/c1-10(8-16-12(2,3)4)15-6-5-7-17-9-11(13)14/h10-11,15-16H,5-9H2,1-4H3. The lowest BCUT2D eigenvalue weighted by molar-refractivity contribution is 0.0167. The van der Waals surface area contributed by atoms with Gasteiger partial charge in [0.15, 0.2) is 0 Å². The van der Waals surface area contributed by atoms with E-state index in [4.69, 9.17) is 4.74 Å². The van der Waals surface area contributed by atoms with Crippen LogP contribution in [0.1, 0.15) is 34.1 Å². The van der Waals surface area contributed by atoms with Gasteiger partial charge in [-0.15, -0.1) is 0 Å². The highest BCUT2D eigenvalue weighted by Gasteiger charge is 2.10. The monoisotopic (exact) mass is 252 g/mol. The summed E-state index contributed by atoms with van der Waals surface area (Å²) in [6.07, 6.45) is -1.61. The Hall–Kier alpha value is -0.260. The minimum absolute atomic E-state index is 0.121. The van der Waals surface area contributed by atoms with E-state index in [0.29, 0.717) is 12.6 Å². The first-order valence-electron chi connectivity index (χ1n) is 6.15. The molecule has 0 radical (unpaired) electrons. The number of hydrogen-bond donors (Lipinski definition) is 2. The second kappa shape index (κ2) is 8.78. The third-order valence-corrected chi connectivity index (χ3v) is 2.14. The maximum Gasteiger partial charge on any atom is 0.261 e. The first kappa shape index (κ1) is 16.7. The van der Waals surface area contributed by atoms with Gasteiger partial charge in [0.2, 0.25) is 0 Å². The quantitative estimate of drug-likeness (QED) is 0.616. The van der Waals surface area contributed by atoms with Crippen LogP contribution < -0.4 is 10.6 Å². The summed E-state index contributed by atoms with van der Waals surface area (Å²) in [7, 11) is 0. The average Bonchev–Trinajstić information content (AvgIpc) is 2.19. The molecule has 0 aromatic heterocycles. The molecule has 0 aliphatic rings. The summed E-state index contributed by atoms with van der Waals surface area (Å²) in [6.45, 7) is 10.1. The molecule has 0 aliphatic carbocycles. The van der Waals surface area contributed by atoms with Crippen molar-refractivity contribution in [1.29, 1.82) is 0 Å². The second-order valence-electron chi connectivity index (χ2n) is 5.31. The molecule has 0 spiro atoms. The number of alkyl halides is 2. The maximum atomic E-state index is 11.7. The van der Waals surface area contributed by atoms with Crippen molar-refractivity contribution in [2.45, 2.75) is 52.1 Å². The van der Waals surface area contributed by atoms with Crippen LogP contribution in [-0.2, 0) is 4.74 Å². The van der Waals surface area contributed by atoms with Gasteiger partial charge >= 0.3 is 0 Å². The van der Waals surface area contributed by atoms with Crippen molar-refractivity contribution >= 4 is 0 Å². The molecule has 0 aromatic rings. The van der Waals surface area contributed by atoms with Crippen molar-refractivity contribution in [3.8, 4) is 0 Å². The van der Waals surface area contributed by atoms with E-state index in [-0.39, 0.29) is 5.54 Å². The average molecular weight is 252 g/mol. The van der Waals surface area contributed by atoms with Crippen molar-refractivity contribution in [2.75, 3.05) is 26.3 Å². The van der Waals surface area contributed by atoms with Crippen LogP contribution >= 0.6 is 0 Å². The van der Waals surface area contributed by atoms with Gasteiger partial charge in [0.05, 0.1) is 0 Å². The molecule has 0 saturated heterocycles. The molecule has 5 heteroatoms. The SMILES string of the molecule is CC(CNC(C)(C)C)NCCCOCC(F)F. The molecule has 0 rings (SSSR count). The van der Waals surface area contributed by atoms with Crippen molar-refractivity contribution in [1.82, 2.24) is 10.6 Å². The highest BCUT2D eigenvalue weighted by Crippen LogP contribution is 1.98. The van der Waals surface area contributed by atoms with Gasteiger partial charge in [0.1, 0.15) is 6.61 Å². The minimum atomic E-state index is -2.36. The molecule has 0 fully saturated rings. The number of rotatable bonds is 9. The molecule has 1 atom stereocenters. The summed E-state index contributed by atoms with van der Waals surface area (Å²) in [5, 5.41) is 6.71.